The number of unbranched alkanes of at least 4 members (excludes halogenated alkanes) is 3. The summed E-state index contributed by atoms with van der Waals surface area (Å²) in [6.45, 7) is 11.6. The predicted molar refractivity (Wildman–Crippen MR) is 102 cm³/mol. The molecular formula is C16H38NO2PSi2. The molecule has 0 saturated carbocycles. The molecule has 0 amide bonds. The van der Waals surface area contributed by atoms with E-state index in [4.69, 9.17) is 0 Å². The normalized spacial score (nSPS) is 15.5. The second-order valence-corrected chi connectivity index (χ2v) is 16.3. The molecule has 0 aliphatic rings. The second-order valence-electron chi connectivity index (χ2n) is 7.97. The lowest BCUT2D eigenvalue weighted by atomic mass is 10.2. The van der Waals surface area contributed by atoms with Crippen LogP contribution in [-0.4, -0.2) is 61.6 Å². The van der Waals surface area contributed by atoms with Crippen LogP contribution >= 0.6 is 7.37 Å². The molecule has 0 rings (SSSR count). The van der Waals surface area contributed by atoms with Gasteiger partial charge in [-0.3, -0.25) is 0 Å². The van der Waals surface area contributed by atoms with E-state index in [1.807, 2.05) is 0 Å². The first-order chi connectivity index (χ1) is 10.0. The smallest absolute Gasteiger partial charge is 0.0782 e. The van der Waals surface area contributed by atoms with E-state index >= 15 is 0 Å². The lowest BCUT2D eigenvalue weighted by Gasteiger charge is -2.30. The average Bonchev–Trinajstić information content (AvgIpc) is 2.38. The Kier molecular flexibility index (Phi) is 11.5. The minimum Gasteiger partial charge on any atom is -0.799 e. The summed E-state index contributed by atoms with van der Waals surface area (Å²) < 4.78 is 13.0. The molecule has 0 spiro atoms. The number of hydrogen-bond acceptors (Lipinski definition) is 2. The van der Waals surface area contributed by atoms with Crippen molar-refractivity contribution in [1.29, 1.82) is 0 Å². The summed E-state index contributed by atoms with van der Waals surface area (Å²) in [7, 11) is 1.06. The number of quaternary nitrogens is 1. The quantitative estimate of drug-likeness (QED) is 0.216. The summed E-state index contributed by atoms with van der Waals surface area (Å²) in [5.74, 6) is 0. The number of nitrogens with zero attached hydrogens (tertiary/aromatic N) is 1. The summed E-state index contributed by atoms with van der Waals surface area (Å²) in [4.78, 5) is 11.9. The topological polar surface area (TPSA) is 40.1 Å². The Bertz CT molecular complexity index is 336. The molecule has 0 aromatic rings. The van der Waals surface area contributed by atoms with E-state index in [0.29, 0.717) is 12.3 Å². The zero-order valence-corrected chi connectivity index (χ0v) is 18.7. The lowest BCUT2D eigenvalue weighted by Crippen LogP contribution is -2.42. The summed E-state index contributed by atoms with van der Waals surface area (Å²) in [5, 5.41) is 0. The molecule has 1 atom stereocenters. The van der Waals surface area contributed by atoms with Gasteiger partial charge in [0.05, 0.1) is 27.2 Å². The zero-order chi connectivity index (χ0) is 17.2. The molecule has 0 fully saturated rings. The van der Waals surface area contributed by atoms with Gasteiger partial charge < -0.3 is 13.9 Å². The van der Waals surface area contributed by atoms with Crippen LogP contribution in [0.3, 0.4) is 0 Å². The van der Waals surface area contributed by atoms with E-state index in [0.717, 1.165) is 23.4 Å². The lowest BCUT2D eigenvalue weighted by molar-refractivity contribution is -0.888. The van der Waals surface area contributed by atoms with Gasteiger partial charge in [-0.25, -0.2) is 0 Å². The SMILES string of the molecule is C[Si](C)CC[N+](C)(C)CCCCCCP(=O)([O-])CC[Si](C)C. The third kappa shape index (κ3) is 14.2. The van der Waals surface area contributed by atoms with E-state index in [-0.39, 0.29) is 8.80 Å². The van der Waals surface area contributed by atoms with Gasteiger partial charge in [0.2, 0.25) is 0 Å². The van der Waals surface area contributed by atoms with Gasteiger partial charge in [0.25, 0.3) is 0 Å². The first-order valence-electron chi connectivity index (χ1n) is 8.73. The Morgan fingerprint density at radius 3 is 1.91 bits per heavy atom. The Labute approximate surface area is 142 Å². The molecule has 6 heteroatoms. The van der Waals surface area contributed by atoms with Crippen molar-refractivity contribution >= 4 is 25.0 Å². The highest BCUT2D eigenvalue weighted by molar-refractivity contribution is 7.56. The third-order valence-electron chi connectivity index (χ3n) is 4.18. The van der Waals surface area contributed by atoms with Crippen LogP contribution in [0.2, 0.25) is 38.3 Å². The summed E-state index contributed by atoms with van der Waals surface area (Å²) >= 11 is 0. The van der Waals surface area contributed by atoms with Gasteiger partial charge in [-0.05, 0) is 37.6 Å². The van der Waals surface area contributed by atoms with E-state index in [2.05, 4.69) is 40.3 Å². The highest BCUT2D eigenvalue weighted by Crippen LogP contribution is 2.37. The van der Waals surface area contributed by atoms with Gasteiger partial charge in [0.15, 0.2) is 0 Å². The maximum atomic E-state index is 11.9. The third-order valence-corrected chi connectivity index (χ3v) is 8.98. The molecule has 0 aromatic heterocycles. The molecule has 0 saturated heterocycles. The van der Waals surface area contributed by atoms with Crippen LogP contribution in [0.4, 0.5) is 0 Å². The molecular weight excluding hydrogens is 325 g/mol. The van der Waals surface area contributed by atoms with Gasteiger partial charge in [0.1, 0.15) is 0 Å². The first kappa shape index (κ1) is 22.6. The fourth-order valence-electron chi connectivity index (χ4n) is 2.39. The van der Waals surface area contributed by atoms with Crippen LogP contribution in [-0.2, 0) is 4.57 Å². The Morgan fingerprint density at radius 2 is 1.36 bits per heavy atom. The highest BCUT2D eigenvalue weighted by atomic mass is 31.2. The molecule has 0 N–H and O–H groups in total. The van der Waals surface area contributed by atoms with Gasteiger partial charge in [0, 0.05) is 25.0 Å². The highest BCUT2D eigenvalue weighted by Gasteiger charge is 2.15. The number of rotatable bonds is 13. The van der Waals surface area contributed by atoms with Crippen LogP contribution in [0.5, 0.6) is 0 Å². The van der Waals surface area contributed by atoms with Gasteiger partial charge in [-0.15, -0.1) is 0 Å². The Balaban J connectivity index is 3.70. The fourth-order valence-corrected chi connectivity index (χ4v) is 7.52. The van der Waals surface area contributed by atoms with Gasteiger partial charge in [-0.1, -0.05) is 38.7 Å². The average molecular weight is 364 g/mol. The second kappa shape index (κ2) is 11.2. The van der Waals surface area contributed by atoms with E-state index in [1.54, 1.807) is 0 Å². The zero-order valence-electron chi connectivity index (χ0n) is 15.8. The van der Waals surface area contributed by atoms with Crippen LogP contribution in [0, 0.1) is 0 Å². The van der Waals surface area contributed by atoms with Crippen molar-refractivity contribution in [2.75, 3.05) is 39.5 Å². The van der Waals surface area contributed by atoms with Crippen LogP contribution < -0.4 is 4.89 Å². The minimum atomic E-state index is -3.07. The van der Waals surface area contributed by atoms with E-state index < -0.39 is 16.2 Å². The molecule has 2 radical (unpaired) electrons. The van der Waals surface area contributed by atoms with Crippen LogP contribution in [0.25, 0.3) is 0 Å². The maximum absolute atomic E-state index is 11.9. The van der Waals surface area contributed by atoms with Crippen molar-refractivity contribution in [1.82, 2.24) is 0 Å². The Hall–Kier alpha value is 0.584. The molecule has 0 aromatic carbocycles. The minimum absolute atomic E-state index is 0.113. The molecule has 0 aliphatic heterocycles. The Morgan fingerprint density at radius 1 is 0.818 bits per heavy atom. The summed E-state index contributed by atoms with van der Waals surface area (Å²) in [5.41, 5.74) is 0. The van der Waals surface area contributed by atoms with Gasteiger partial charge in [-0.2, -0.15) is 0 Å². The van der Waals surface area contributed by atoms with Crippen LogP contribution in [0.15, 0.2) is 0 Å². The monoisotopic (exact) mass is 363 g/mol. The molecule has 22 heavy (non-hydrogen) atoms. The summed E-state index contributed by atoms with van der Waals surface area (Å²) in [6.07, 6.45) is 5.20. The van der Waals surface area contributed by atoms with Crippen molar-refractivity contribution in [3.05, 3.63) is 0 Å². The van der Waals surface area contributed by atoms with Crippen molar-refractivity contribution in [3.8, 4) is 0 Å². The first-order valence-corrected chi connectivity index (χ1v) is 16.1. The van der Waals surface area contributed by atoms with Gasteiger partial charge >= 0.3 is 0 Å². The van der Waals surface area contributed by atoms with Crippen LogP contribution in [0.1, 0.15) is 25.7 Å². The molecule has 0 aliphatic carbocycles. The number of hydrogen-bond donors (Lipinski definition) is 0. The van der Waals surface area contributed by atoms with Crippen molar-refractivity contribution in [2.24, 2.45) is 0 Å². The molecule has 132 valence electrons. The van der Waals surface area contributed by atoms with E-state index in [9.17, 15) is 9.46 Å². The van der Waals surface area contributed by atoms with E-state index in [1.165, 1.54) is 32.0 Å². The molecule has 0 bridgehead atoms. The molecule has 3 nitrogen and oxygen atoms in total. The van der Waals surface area contributed by atoms with Crippen molar-refractivity contribution in [3.63, 3.8) is 0 Å². The van der Waals surface area contributed by atoms with Crippen molar-refractivity contribution in [2.45, 2.75) is 64.0 Å². The fraction of sp³-hybridized carbons (Fsp3) is 1.00. The molecule has 1 unspecified atom stereocenters. The summed E-state index contributed by atoms with van der Waals surface area (Å²) in [6, 6.07) is 2.30. The predicted octanol–water partition coefficient (Wildman–Crippen LogP) is 3.77. The maximum Gasteiger partial charge on any atom is 0.0782 e. The standard InChI is InChI=1S/C16H38NO2PSi2/c1-17(2,12-15-21(3)4)11-9-7-8-10-13-20(18,19)14-16-22(5)6/h7-16H2,1-6H3. The van der Waals surface area contributed by atoms with Crippen molar-refractivity contribution < 1.29 is 13.9 Å². The largest absolute Gasteiger partial charge is 0.799 e. The molecule has 0 heterocycles.